The number of nitrogens with zero attached hydrogens (tertiary/aromatic N) is 1. The van der Waals surface area contributed by atoms with Gasteiger partial charge in [-0.05, 0) is 12.5 Å². The van der Waals surface area contributed by atoms with Crippen LogP contribution in [0, 0.1) is 6.92 Å². The molecule has 3 nitrogen and oxygen atoms in total. The Morgan fingerprint density at radius 1 is 1.62 bits per heavy atom. The largest absolute Gasteiger partial charge is 0.398 e. The van der Waals surface area contributed by atoms with Crippen molar-refractivity contribution in [2.75, 3.05) is 17.6 Å². The summed E-state index contributed by atoms with van der Waals surface area (Å²) in [6.45, 7) is 1.40. The summed E-state index contributed by atoms with van der Waals surface area (Å²) in [4.78, 5) is 3.89. The smallest absolute Gasteiger partial charge is 0.255 e. The van der Waals surface area contributed by atoms with Crippen molar-refractivity contribution in [3.63, 3.8) is 0 Å². The average molecular weight is 187 g/mol. The minimum Gasteiger partial charge on any atom is -0.398 e. The molecule has 0 fully saturated rings. The second kappa shape index (κ2) is 4.02. The predicted octanol–water partition coefficient (Wildman–Crippen LogP) is 1.65. The van der Waals surface area contributed by atoms with E-state index in [-0.39, 0.29) is 0 Å². The van der Waals surface area contributed by atoms with E-state index in [1.165, 1.54) is 6.07 Å². The lowest BCUT2D eigenvalue weighted by molar-refractivity contribution is 0.163. The van der Waals surface area contributed by atoms with Gasteiger partial charge in [-0.25, -0.2) is 13.8 Å². The number of nitrogens with one attached hydrogen (secondary N) is 1. The van der Waals surface area contributed by atoms with Crippen molar-refractivity contribution in [3.05, 3.63) is 17.8 Å². The van der Waals surface area contributed by atoms with Crippen molar-refractivity contribution in [1.29, 1.82) is 0 Å². The molecule has 0 amide bonds. The van der Waals surface area contributed by atoms with Crippen LogP contribution < -0.4 is 11.1 Å². The van der Waals surface area contributed by atoms with Gasteiger partial charge in [-0.15, -0.1) is 0 Å². The lowest BCUT2D eigenvalue weighted by Gasteiger charge is -2.06. The number of rotatable bonds is 3. The number of nitrogens with two attached hydrogens (primary N) is 1. The van der Waals surface area contributed by atoms with E-state index in [1.54, 1.807) is 13.1 Å². The summed E-state index contributed by atoms with van der Waals surface area (Å²) >= 11 is 0. The fraction of sp³-hybridized carbons (Fsp3) is 0.375. The van der Waals surface area contributed by atoms with Crippen LogP contribution in [0.5, 0.6) is 0 Å². The number of alkyl halides is 2. The Hall–Kier alpha value is -1.39. The molecule has 0 saturated heterocycles. The minimum atomic E-state index is -2.38. The first-order valence-electron chi connectivity index (χ1n) is 3.83. The highest BCUT2D eigenvalue weighted by atomic mass is 19.3. The van der Waals surface area contributed by atoms with Crippen LogP contribution in [0.2, 0.25) is 0 Å². The number of pyridine rings is 1. The molecule has 0 aliphatic rings. The molecular weight excluding hydrogens is 176 g/mol. The Bertz CT molecular complexity index is 289. The molecule has 0 aliphatic heterocycles. The van der Waals surface area contributed by atoms with Crippen molar-refractivity contribution < 1.29 is 8.78 Å². The molecule has 72 valence electrons. The third-order valence-electron chi connectivity index (χ3n) is 1.58. The van der Waals surface area contributed by atoms with Gasteiger partial charge >= 0.3 is 0 Å². The molecule has 1 heterocycles. The average Bonchev–Trinajstić information content (AvgIpc) is 2.07. The van der Waals surface area contributed by atoms with Crippen LogP contribution in [0.3, 0.4) is 0 Å². The first kappa shape index (κ1) is 9.70. The summed E-state index contributed by atoms with van der Waals surface area (Å²) in [5, 5.41) is 2.47. The monoisotopic (exact) mass is 187 g/mol. The summed E-state index contributed by atoms with van der Waals surface area (Å²) in [5.41, 5.74) is 6.94. The second-order valence-electron chi connectivity index (χ2n) is 2.70. The maximum atomic E-state index is 11.8. The van der Waals surface area contributed by atoms with Crippen molar-refractivity contribution in [2.24, 2.45) is 0 Å². The number of aromatic nitrogens is 1. The highest BCUT2D eigenvalue weighted by molar-refractivity contribution is 5.53. The zero-order valence-corrected chi connectivity index (χ0v) is 7.22. The first-order chi connectivity index (χ1) is 6.09. The van der Waals surface area contributed by atoms with Crippen LogP contribution in [0.1, 0.15) is 5.56 Å². The molecule has 0 bridgehead atoms. The normalized spacial score (nSPS) is 10.5. The summed E-state index contributed by atoms with van der Waals surface area (Å²) < 4.78 is 23.6. The van der Waals surface area contributed by atoms with Crippen LogP contribution in [0.15, 0.2) is 12.3 Å². The summed E-state index contributed by atoms with van der Waals surface area (Å²) in [5.74, 6) is 0.378. The molecule has 1 aromatic rings. The van der Waals surface area contributed by atoms with E-state index in [4.69, 9.17) is 5.73 Å². The van der Waals surface area contributed by atoms with E-state index in [0.29, 0.717) is 11.5 Å². The zero-order valence-electron chi connectivity index (χ0n) is 7.22. The number of hydrogen-bond acceptors (Lipinski definition) is 3. The number of anilines is 2. The Morgan fingerprint density at radius 2 is 2.31 bits per heavy atom. The van der Waals surface area contributed by atoms with Gasteiger partial charge in [-0.3, -0.25) is 0 Å². The Kier molecular flexibility index (Phi) is 3.00. The van der Waals surface area contributed by atoms with Crippen LogP contribution in [0.25, 0.3) is 0 Å². The molecule has 0 saturated carbocycles. The van der Waals surface area contributed by atoms with E-state index in [9.17, 15) is 8.78 Å². The van der Waals surface area contributed by atoms with E-state index in [0.717, 1.165) is 5.56 Å². The van der Waals surface area contributed by atoms with Crippen LogP contribution in [-0.4, -0.2) is 18.0 Å². The number of hydrogen-bond donors (Lipinski definition) is 2. The molecular formula is C8H11F2N3. The lowest BCUT2D eigenvalue weighted by Crippen LogP contribution is -2.11. The Balaban J connectivity index is 2.63. The molecule has 5 heteroatoms. The van der Waals surface area contributed by atoms with Gasteiger partial charge in [0.25, 0.3) is 6.43 Å². The molecule has 0 unspecified atom stereocenters. The quantitative estimate of drug-likeness (QED) is 0.756. The van der Waals surface area contributed by atoms with Crippen LogP contribution in [-0.2, 0) is 0 Å². The Labute approximate surface area is 75.0 Å². The van der Waals surface area contributed by atoms with E-state index in [2.05, 4.69) is 10.3 Å². The van der Waals surface area contributed by atoms with Crippen LogP contribution in [0.4, 0.5) is 20.3 Å². The van der Waals surface area contributed by atoms with E-state index >= 15 is 0 Å². The molecule has 13 heavy (non-hydrogen) atoms. The maximum Gasteiger partial charge on any atom is 0.255 e. The van der Waals surface area contributed by atoms with Gasteiger partial charge in [0.1, 0.15) is 5.82 Å². The molecule has 0 aliphatic carbocycles. The van der Waals surface area contributed by atoms with Gasteiger partial charge in [0, 0.05) is 18.0 Å². The topological polar surface area (TPSA) is 50.9 Å². The van der Waals surface area contributed by atoms with Crippen molar-refractivity contribution in [1.82, 2.24) is 4.98 Å². The summed E-state index contributed by atoms with van der Waals surface area (Å²) in [6, 6.07) is 1.54. The van der Waals surface area contributed by atoms with Gasteiger partial charge in [-0.2, -0.15) is 0 Å². The number of halogens is 2. The third kappa shape index (κ3) is 2.85. The van der Waals surface area contributed by atoms with Gasteiger partial charge in [-0.1, -0.05) is 0 Å². The minimum absolute atomic E-state index is 0.378. The molecule has 0 spiro atoms. The first-order valence-corrected chi connectivity index (χ1v) is 3.83. The molecule has 0 radical (unpaired) electrons. The van der Waals surface area contributed by atoms with Crippen molar-refractivity contribution in [3.8, 4) is 0 Å². The summed E-state index contributed by atoms with van der Waals surface area (Å²) in [7, 11) is 0. The molecule has 1 rings (SSSR count). The van der Waals surface area contributed by atoms with Crippen molar-refractivity contribution >= 4 is 11.5 Å². The van der Waals surface area contributed by atoms with Crippen molar-refractivity contribution in [2.45, 2.75) is 13.3 Å². The number of aryl methyl sites for hydroxylation is 1. The Morgan fingerprint density at radius 3 is 2.85 bits per heavy atom. The maximum absolute atomic E-state index is 11.8. The third-order valence-corrected chi connectivity index (χ3v) is 1.58. The SMILES string of the molecule is Cc1cnc(NCC(F)F)cc1N. The molecule has 3 N–H and O–H groups in total. The standard InChI is InChI=1S/C8H11F2N3/c1-5-3-12-8(2-6(5)11)13-4-7(9)10/h2-3,7H,4H2,1H3,(H3,11,12,13). The van der Waals surface area contributed by atoms with Gasteiger partial charge in [0.2, 0.25) is 0 Å². The fourth-order valence-electron chi connectivity index (χ4n) is 0.818. The zero-order chi connectivity index (χ0) is 9.84. The molecule has 0 atom stereocenters. The summed E-state index contributed by atoms with van der Waals surface area (Å²) in [6.07, 6.45) is -0.840. The van der Waals surface area contributed by atoms with Gasteiger partial charge in [0.15, 0.2) is 0 Å². The predicted molar refractivity (Wildman–Crippen MR) is 47.9 cm³/mol. The molecule has 0 aromatic carbocycles. The van der Waals surface area contributed by atoms with E-state index < -0.39 is 13.0 Å². The molecule has 1 aromatic heterocycles. The number of nitrogen functional groups attached to an aromatic ring is 1. The fourth-order valence-corrected chi connectivity index (χ4v) is 0.818. The highest BCUT2D eigenvalue weighted by Gasteiger charge is 2.03. The lowest BCUT2D eigenvalue weighted by atomic mass is 10.2. The highest BCUT2D eigenvalue weighted by Crippen LogP contribution is 2.13. The second-order valence-corrected chi connectivity index (χ2v) is 2.70. The van der Waals surface area contributed by atoms with Gasteiger partial charge < -0.3 is 11.1 Å². The van der Waals surface area contributed by atoms with Gasteiger partial charge in [0.05, 0.1) is 6.54 Å². The van der Waals surface area contributed by atoms with E-state index in [1.807, 2.05) is 0 Å². The van der Waals surface area contributed by atoms with Crippen LogP contribution >= 0.6 is 0 Å².